The van der Waals surface area contributed by atoms with Crippen LogP contribution >= 0.6 is 15.9 Å². The lowest BCUT2D eigenvalue weighted by atomic mass is 10.0. The van der Waals surface area contributed by atoms with Gasteiger partial charge in [-0.15, -0.1) is 0 Å². The summed E-state index contributed by atoms with van der Waals surface area (Å²) in [5, 5.41) is 21.7. The number of halogens is 1. The smallest absolute Gasteiger partial charge is 0.408 e. The normalized spacial score (nSPS) is 12.9. The Morgan fingerprint density at radius 2 is 1.92 bits per heavy atom. The molecule has 2 rings (SSSR count). The van der Waals surface area contributed by atoms with Gasteiger partial charge in [0.05, 0.1) is 0 Å². The fourth-order valence-electron chi connectivity index (χ4n) is 1.97. The molecular formula is C16H15BrN2O5. The van der Waals surface area contributed by atoms with Crippen LogP contribution in [-0.4, -0.2) is 33.3 Å². The summed E-state index contributed by atoms with van der Waals surface area (Å²) in [5.41, 5.74) is 1.00. The summed E-state index contributed by atoms with van der Waals surface area (Å²) < 4.78 is 5.27. The van der Waals surface area contributed by atoms with Crippen molar-refractivity contribution in [2.75, 3.05) is 0 Å². The molecule has 0 aliphatic heterocycles. The van der Waals surface area contributed by atoms with Crippen LogP contribution in [0.2, 0.25) is 0 Å². The van der Waals surface area contributed by atoms with Crippen molar-refractivity contribution in [2.45, 2.75) is 18.8 Å². The summed E-state index contributed by atoms with van der Waals surface area (Å²) in [7, 11) is 0. The van der Waals surface area contributed by atoms with Gasteiger partial charge in [0.2, 0.25) is 0 Å². The van der Waals surface area contributed by atoms with Crippen molar-refractivity contribution in [3.63, 3.8) is 0 Å². The number of alkyl carbamates (subject to hydrolysis) is 1. The molecule has 1 heterocycles. The molecule has 1 aromatic heterocycles. The summed E-state index contributed by atoms with van der Waals surface area (Å²) >= 11 is 3.13. The SMILES string of the molecule is O=C(N[C@@H](C(=O)O)[C@@H](O)c1cccnc1Br)OCc1ccccc1. The van der Waals surface area contributed by atoms with E-state index in [0.717, 1.165) is 5.56 Å². The number of carboxylic acid groups (broad SMARTS) is 1. The number of pyridine rings is 1. The molecule has 1 amide bonds. The number of amides is 1. The second-order valence-corrected chi connectivity index (χ2v) is 5.60. The highest BCUT2D eigenvalue weighted by atomic mass is 79.9. The van der Waals surface area contributed by atoms with Crippen LogP contribution in [0.3, 0.4) is 0 Å². The number of carbonyl (C=O) groups is 2. The van der Waals surface area contributed by atoms with E-state index in [1.807, 2.05) is 6.07 Å². The van der Waals surface area contributed by atoms with Crippen LogP contribution in [0.5, 0.6) is 0 Å². The van der Waals surface area contributed by atoms with Gasteiger partial charge in [0.1, 0.15) is 17.3 Å². The Balaban J connectivity index is 2.01. The van der Waals surface area contributed by atoms with E-state index in [2.05, 4.69) is 26.2 Å². The number of hydrogen-bond donors (Lipinski definition) is 3. The first-order valence-corrected chi connectivity index (χ1v) is 7.77. The predicted octanol–water partition coefficient (Wildman–Crippen LogP) is 2.26. The summed E-state index contributed by atoms with van der Waals surface area (Å²) in [6.45, 7) is -0.00824. The molecule has 2 atom stereocenters. The highest BCUT2D eigenvalue weighted by Crippen LogP contribution is 2.23. The second kappa shape index (κ2) is 8.42. The number of nitrogens with zero attached hydrogens (tertiary/aromatic N) is 1. The van der Waals surface area contributed by atoms with Gasteiger partial charge in [0.15, 0.2) is 6.04 Å². The van der Waals surface area contributed by atoms with E-state index in [9.17, 15) is 19.8 Å². The molecule has 0 saturated carbocycles. The maximum absolute atomic E-state index is 11.8. The Bertz CT molecular complexity index is 711. The summed E-state index contributed by atoms with van der Waals surface area (Å²) in [6, 6.07) is 10.4. The maximum Gasteiger partial charge on any atom is 0.408 e. The molecule has 3 N–H and O–H groups in total. The molecule has 1 aromatic carbocycles. The third-order valence-electron chi connectivity index (χ3n) is 3.17. The fraction of sp³-hybridized carbons (Fsp3) is 0.188. The molecule has 0 spiro atoms. The van der Waals surface area contributed by atoms with Gasteiger partial charge in [0, 0.05) is 11.8 Å². The van der Waals surface area contributed by atoms with Gasteiger partial charge < -0.3 is 20.3 Å². The monoisotopic (exact) mass is 394 g/mol. The van der Waals surface area contributed by atoms with E-state index in [1.54, 1.807) is 30.3 Å². The number of ether oxygens (including phenoxy) is 1. The molecule has 0 unspecified atom stereocenters. The zero-order valence-electron chi connectivity index (χ0n) is 12.4. The van der Waals surface area contributed by atoms with E-state index < -0.39 is 24.2 Å². The zero-order valence-corrected chi connectivity index (χ0v) is 14.0. The Labute approximate surface area is 146 Å². The number of nitrogens with one attached hydrogen (secondary N) is 1. The van der Waals surface area contributed by atoms with E-state index in [0.29, 0.717) is 4.60 Å². The van der Waals surface area contributed by atoms with Crippen LogP contribution in [0.25, 0.3) is 0 Å². The number of aliphatic hydroxyl groups is 1. The zero-order chi connectivity index (χ0) is 17.5. The van der Waals surface area contributed by atoms with Gasteiger partial charge in [-0.3, -0.25) is 0 Å². The van der Waals surface area contributed by atoms with Crippen molar-refractivity contribution >= 4 is 28.0 Å². The molecule has 0 saturated heterocycles. The number of benzene rings is 1. The van der Waals surface area contributed by atoms with Crippen molar-refractivity contribution in [1.29, 1.82) is 0 Å². The van der Waals surface area contributed by atoms with Gasteiger partial charge in [-0.25, -0.2) is 14.6 Å². The van der Waals surface area contributed by atoms with Crippen LogP contribution in [0.1, 0.15) is 17.2 Å². The minimum Gasteiger partial charge on any atom is -0.480 e. The molecule has 0 aliphatic carbocycles. The van der Waals surface area contributed by atoms with Crippen LogP contribution in [-0.2, 0) is 16.1 Å². The molecule has 126 valence electrons. The Morgan fingerprint density at radius 1 is 1.21 bits per heavy atom. The number of carbonyl (C=O) groups excluding carboxylic acids is 1. The Morgan fingerprint density at radius 3 is 2.54 bits per heavy atom. The van der Waals surface area contributed by atoms with E-state index in [1.165, 1.54) is 12.3 Å². The van der Waals surface area contributed by atoms with E-state index in [4.69, 9.17) is 4.74 Å². The van der Waals surface area contributed by atoms with Crippen LogP contribution in [0, 0.1) is 0 Å². The van der Waals surface area contributed by atoms with Crippen molar-refractivity contribution in [3.8, 4) is 0 Å². The van der Waals surface area contributed by atoms with Crippen LogP contribution in [0.4, 0.5) is 4.79 Å². The first kappa shape index (κ1) is 17.9. The largest absolute Gasteiger partial charge is 0.480 e. The average Bonchev–Trinajstić information content (AvgIpc) is 2.58. The van der Waals surface area contributed by atoms with Crippen LogP contribution < -0.4 is 5.32 Å². The third kappa shape index (κ3) is 4.77. The number of rotatable bonds is 6. The van der Waals surface area contributed by atoms with Crippen LogP contribution in [0.15, 0.2) is 53.3 Å². The van der Waals surface area contributed by atoms with Gasteiger partial charge in [-0.1, -0.05) is 36.4 Å². The lowest BCUT2D eigenvalue weighted by Crippen LogP contribution is -2.45. The number of aromatic nitrogens is 1. The second-order valence-electron chi connectivity index (χ2n) is 4.85. The number of aliphatic hydroxyl groups excluding tert-OH is 1. The van der Waals surface area contributed by atoms with Crippen molar-refractivity contribution in [3.05, 3.63) is 64.4 Å². The van der Waals surface area contributed by atoms with Gasteiger partial charge in [0.25, 0.3) is 0 Å². The Hall–Kier alpha value is -2.45. The fourth-order valence-corrected chi connectivity index (χ4v) is 2.45. The van der Waals surface area contributed by atoms with Crippen molar-refractivity contribution in [2.24, 2.45) is 0 Å². The predicted molar refractivity (Wildman–Crippen MR) is 88.1 cm³/mol. The van der Waals surface area contributed by atoms with Gasteiger partial charge in [-0.05, 0) is 27.6 Å². The molecule has 0 radical (unpaired) electrons. The van der Waals surface area contributed by atoms with Gasteiger partial charge >= 0.3 is 12.1 Å². The lowest BCUT2D eigenvalue weighted by molar-refractivity contribution is -0.142. The minimum absolute atomic E-state index is 0.00824. The summed E-state index contributed by atoms with van der Waals surface area (Å²) in [5.74, 6) is -1.39. The summed E-state index contributed by atoms with van der Waals surface area (Å²) in [6.07, 6.45) is -0.947. The number of carboxylic acids is 1. The molecule has 7 nitrogen and oxygen atoms in total. The maximum atomic E-state index is 11.8. The molecule has 0 fully saturated rings. The average molecular weight is 395 g/mol. The molecule has 24 heavy (non-hydrogen) atoms. The quantitative estimate of drug-likeness (QED) is 0.648. The third-order valence-corrected chi connectivity index (χ3v) is 3.84. The van der Waals surface area contributed by atoms with E-state index >= 15 is 0 Å². The highest BCUT2D eigenvalue weighted by molar-refractivity contribution is 9.10. The topological polar surface area (TPSA) is 109 Å². The Kier molecular flexibility index (Phi) is 6.28. The first-order chi connectivity index (χ1) is 11.5. The van der Waals surface area contributed by atoms with Crippen molar-refractivity contribution in [1.82, 2.24) is 10.3 Å². The molecule has 0 aliphatic rings. The molecule has 2 aromatic rings. The van der Waals surface area contributed by atoms with Gasteiger partial charge in [-0.2, -0.15) is 0 Å². The summed E-state index contributed by atoms with van der Waals surface area (Å²) in [4.78, 5) is 27.1. The number of aliphatic carboxylic acids is 1. The van der Waals surface area contributed by atoms with E-state index in [-0.39, 0.29) is 12.2 Å². The lowest BCUT2D eigenvalue weighted by Gasteiger charge is -2.21. The number of hydrogen-bond acceptors (Lipinski definition) is 5. The van der Waals surface area contributed by atoms with Crippen molar-refractivity contribution < 1.29 is 24.5 Å². The standard InChI is InChI=1S/C16H15BrN2O5/c17-14-11(7-4-8-18-14)13(20)12(15(21)22)19-16(23)24-9-10-5-2-1-3-6-10/h1-8,12-13,20H,9H2,(H,19,23)(H,21,22)/t12-,13+/m1/s1. The first-order valence-electron chi connectivity index (χ1n) is 6.97. The molecular weight excluding hydrogens is 380 g/mol. The molecule has 8 heteroatoms. The minimum atomic E-state index is -1.58. The molecule has 0 bridgehead atoms. The highest BCUT2D eigenvalue weighted by Gasteiger charge is 2.31.